The van der Waals surface area contributed by atoms with Gasteiger partial charge in [0.1, 0.15) is 0 Å². The molecule has 0 saturated carbocycles. The van der Waals surface area contributed by atoms with Crippen LogP contribution in [0.4, 0.5) is 0 Å². The Kier molecular flexibility index (Phi) is 5.52. The Morgan fingerprint density at radius 2 is 1.87 bits per heavy atom. The van der Waals surface area contributed by atoms with Crippen LogP contribution in [0.3, 0.4) is 0 Å². The number of aliphatic hydroxyl groups is 1. The van der Waals surface area contributed by atoms with E-state index in [9.17, 15) is 9.90 Å². The molecule has 23 heavy (non-hydrogen) atoms. The second-order valence-electron chi connectivity index (χ2n) is 5.78. The minimum Gasteiger partial charge on any atom is -0.502 e. The summed E-state index contributed by atoms with van der Waals surface area (Å²) in [4.78, 5) is 14.7. The number of hydrogen-bond acceptors (Lipinski definition) is 3. The smallest absolute Gasteiger partial charge is 0.371 e. The molecule has 0 amide bonds. The zero-order chi connectivity index (χ0) is 16.8. The summed E-state index contributed by atoms with van der Waals surface area (Å²) < 4.78 is 0. The average molecular weight is 311 g/mol. The lowest BCUT2D eigenvalue weighted by Crippen LogP contribution is -2.00. The molecule has 0 radical (unpaired) electrons. The fourth-order valence-corrected chi connectivity index (χ4v) is 2.48. The number of aromatic nitrogens is 1. The van der Waals surface area contributed by atoms with Crippen LogP contribution in [0.15, 0.2) is 48.4 Å². The summed E-state index contributed by atoms with van der Waals surface area (Å²) in [7, 11) is 0. The number of aryl methyl sites for hydroxylation is 2. The van der Waals surface area contributed by atoms with E-state index in [-0.39, 0.29) is 0 Å². The standard InChI is InChI=1S/C19H21NO3/c1-13(2)17-6-4-3-5-15(17)9-7-14-8-10-16(20-12-14)11-18(21)19(22)23/h3-6,8,10-13,21H,7,9H2,1-2H3,(H,22,23)/b18-11-. The summed E-state index contributed by atoms with van der Waals surface area (Å²) >= 11 is 0. The molecule has 120 valence electrons. The zero-order valence-electron chi connectivity index (χ0n) is 13.4. The second kappa shape index (κ2) is 7.58. The maximum Gasteiger partial charge on any atom is 0.371 e. The van der Waals surface area contributed by atoms with Gasteiger partial charge in [-0.25, -0.2) is 4.79 Å². The van der Waals surface area contributed by atoms with Gasteiger partial charge in [-0.2, -0.15) is 0 Å². The van der Waals surface area contributed by atoms with Crippen molar-refractivity contribution in [3.63, 3.8) is 0 Å². The number of nitrogens with zero attached hydrogens (tertiary/aromatic N) is 1. The monoisotopic (exact) mass is 311 g/mol. The summed E-state index contributed by atoms with van der Waals surface area (Å²) in [6.45, 7) is 4.38. The third-order valence-corrected chi connectivity index (χ3v) is 3.71. The molecule has 0 aliphatic carbocycles. The molecule has 2 aromatic rings. The van der Waals surface area contributed by atoms with Gasteiger partial charge in [0, 0.05) is 12.3 Å². The molecular formula is C19H21NO3. The third-order valence-electron chi connectivity index (χ3n) is 3.71. The molecule has 1 aromatic carbocycles. The van der Waals surface area contributed by atoms with Gasteiger partial charge in [-0.1, -0.05) is 44.2 Å². The van der Waals surface area contributed by atoms with Crippen LogP contribution in [-0.2, 0) is 17.6 Å². The number of carboxylic acids is 1. The maximum atomic E-state index is 10.6. The van der Waals surface area contributed by atoms with Crippen molar-refractivity contribution >= 4 is 12.0 Å². The quantitative estimate of drug-likeness (QED) is 0.625. The molecule has 0 bridgehead atoms. The Hall–Kier alpha value is -2.62. The Bertz CT molecular complexity index is 703. The van der Waals surface area contributed by atoms with Crippen LogP contribution in [0.5, 0.6) is 0 Å². The highest BCUT2D eigenvalue weighted by Gasteiger charge is 2.07. The highest BCUT2D eigenvalue weighted by atomic mass is 16.4. The van der Waals surface area contributed by atoms with Crippen molar-refractivity contribution in [1.29, 1.82) is 0 Å². The van der Waals surface area contributed by atoms with E-state index in [0.717, 1.165) is 24.5 Å². The third kappa shape index (κ3) is 4.68. The van der Waals surface area contributed by atoms with E-state index in [1.54, 1.807) is 12.3 Å². The molecule has 0 aliphatic heterocycles. The van der Waals surface area contributed by atoms with Crippen molar-refractivity contribution in [2.24, 2.45) is 0 Å². The van der Waals surface area contributed by atoms with E-state index >= 15 is 0 Å². The first-order valence-corrected chi connectivity index (χ1v) is 7.64. The van der Waals surface area contributed by atoms with Gasteiger partial charge in [-0.05, 0) is 41.5 Å². The Morgan fingerprint density at radius 1 is 1.13 bits per heavy atom. The normalized spacial score (nSPS) is 11.7. The maximum absolute atomic E-state index is 10.6. The number of aliphatic hydroxyl groups excluding tert-OH is 1. The van der Waals surface area contributed by atoms with Crippen LogP contribution in [0.2, 0.25) is 0 Å². The number of benzene rings is 1. The van der Waals surface area contributed by atoms with Crippen LogP contribution >= 0.6 is 0 Å². The molecule has 0 spiro atoms. The first-order valence-electron chi connectivity index (χ1n) is 7.64. The van der Waals surface area contributed by atoms with Crippen LogP contribution in [0.1, 0.15) is 42.1 Å². The highest BCUT2D eigenvalue weighted by molar-refractivity contribution is 5.88. The number of pyridine rings is 1. The van der Waals surface area contributed by atoms with Gasteiger partial charge in [0.25, 0.3) is 0 Å². The molecule has 0 aliphatic rings. The summed E-state index contributed by atoms with van der Waals surface area (Å²) in [5.41, 5.74) is 4.22. The van der Waals surface area contributed by atoms with Crippen LogP contribution < -0.4 is 0 Å². The first kappa shape index (κ1) is 16.7. The van der Waals surface area contributed by atoms with Gasteiger partial charge >= 0.3 is 5.97 Å². The highest BCUT2D eigenvalue weighted by Crippen LogP contribution is 2.20. The molecule has 2 rings (SSSR count). The van der Waals surface area contributed by atoms with Gasteiger partial charge < -0.3 is 10.2 Å². The number of hydrogen-bond donors (Lipinski definition) is 2. The van der Waals surface area contributed by atoms with E-state index in [1.165, 1.54) is 11.1 Å². The summed E-state index contributed by atoms with van der Waals surface area (Å²) in [5.74, 6) is -1.58. The predicted molar refractivity (Wildman–Crippen MR) is 90.4 cm³/mol. The molecule has 0 fully saturated rings. The summed E-state index contributed by atoms with van der Waals surface area (Å²) in [6, 6.07) is 12.1. The van der Waals surface area contributed by atoms with Gasteiger partial charge in [-0.3, -0.25) is 4.98 Å². The molecule has 0 saturated heterocycles. The van der Waals surface area contributed by atoms with Crippen LogP contribution in [0.25, 0.3) is 6.08 Å². The minimum atomic E-state index is -1.36. The summed E-state index contributed by atoms with van der Waals surface area (Å²) in [6.07, 6.45) is 4.66. The number of carbonyl (C=O) groups is 1. The van der Waals surface area contributed by atoms with Crippen LogP contribution in [-0.4, -0.2) is 21.2 Å². The Morgan fingerprint density at radius 3 is 2.48 bits per heavy atom. The molecule has 4 nitrogen and oxygen atoms in total. The van der Waals surface area contributed by atoms with Crippen LogP contribution in [0, 0.1) is 0 Å². The SMILES string of the molecule is CC(C)c1ccccc1CCc1ccc(/C=C(\O)C(=O)O)nc1. The molecule has 0 unspecified atom stereocenters. The Balaban J connectivity index is 2.05. The van der Waals surface area contributed by atoms with Gasteiger partial charge in [0.05, 0.1) is 5.69 Å². The minimum absolute atomic E-state index is 0.427. The molecular weight excluding hydrogens is 290 g/mol. The van der Waals surface area contributed by atoms with E-state index in [4.69, 9.17) is 5.11 Å². The molecule has 0 atom stereocenters. The van der Waals surface area contributed by atoms with Gasteiger partial charge in [-0.15, -0.1) is 0 Å². The van der Waals surface area contributed by atoms with Crippen molar-refractivity contribution in [3.05, 3.63) is 70.7 Å². The molecule has 1 aromatic heterocycles. The van der Waals surface area contributed by atoms with E-state index in [2.05, 4.69) is 43.1 Å². The number of aliphatic carboxylic acids is 1. The lowest BCUT2D eigenvalue weighted by Gasteiger charge is -2.12. The van der Waals surface area contributed by atoms with E-state index in [0.29, 0.717) is 11.6 Å². The lowest BCUT2D eigenvalue weighted by molar-refractivity contribution is -0.135. The van der Waals surface area contributed by atoms with Crippen molar-refractivity contribution in [3.8, 4) is 0 Å². The van der Waals surface area contributed by atoms with Crippen molar-refractivity contribution in [1.82, 2.24) is 4.98 Å². The van der Waals surface area contributed by atoms with Crippen molar-refractivity contribution < 1.29 is 15.0 Å². The van der Waals surface area contributed by atoms with Crippen molar-refractivity contribution in [2.45, 2.75) is 32.6 Å². The molecule has 4 heteroatoms. The zero-order valence-corrected chi connectivity index (χ0v) is 13.4. The first-order chi connectivity index (χ1) is 11.0. The fourth-order valence-electron chi connectivity index (χ4n) is 2.48. The number of rotatable bonds is 6. The molecule has 1 heterocycles. The number of carboxylic acid groups (broad SMARTS) is 1. The average Bonchev–Trinajstić information content (AvgIpc) is 2.54. The predicted octanol–water partition coefficient (Wildman–Crippen LogP) is 3.97. The fraction of sp³-hybridized carbons (Fsp3) is 0.263. The van der Waals surface area contributed by atoms with E-state index < -0.39 is 11.7 Å². The van der Waals surface area contributed by atoms with Crippen molar-refractivity contribution in [2.75, 3.05) is 0 Å². The van der Waals surface area contributed by atoms with Gasteiger partial charge in [0.15, 0.2) is 0 Å². The molecule has 2 N–H and O–H groups in total. The summed E-state index contributed by atoms with van der Waals surface area (Å²) in [5, 5.41) is 17.8. The second-order valence-corrected chi connectivity index (χ2v) is 5.78. The largest absolute Gasteiger partial charge is 0.502 e. The lowest BCUT2D eigenvalue weighted by atomic mass is 9.93. The topological polar surface area (TPSA) is 70.4 Å². The van der Waals surface area contributed by atoms with Gasteiger partial charge in [0.2, 0.25) is 5.76 Å². The Labute approximate surface area is 136 Å². The van der Waals surface area contributed by atoms with E-state index in [1.807, 2.05) is 6.07 Å².